The second kappa shape index (κ2) is 28.4. The number of likely N-dealkylation sites (tertiary alicyclic amines) is 1. The van der Waals surface area contributed by atoms with Gasteiger partial charge in [-0.2, -0.15) is 10.2 Å². The van der Waals surface area contributed by atoms with E-state index in [9.17, 15) is 29.1 Å². The van der Waals surface area contributed by atoms with Crippen LogP contribution in [0.3, 0.4) is 0 Å². The molecule has 2 aliphatic heterocycles. The quantitative estimate of drug-likeness (QED) is 0.0192. The maximum Gasteiger partial charge on any atom is 0.256 e. The molecule has 8 rings (SSSR count). The van der Waals surface area contributed by atoms with E-state index in [1.807, 2.05) is 137 Å². The van der Waals surface area contributed by atoms with Crippen molar-refractivity contribution in [2.75, 3.05) is 57.2 Å². The molecule has 4 aromatic carbocycles. The minimum absolute atomic E-state index is 0.00959. The lowest BCUT2D eigenvalue weighted by atomic mass is 9.85. The Morgan fingerprint density at radius 2 is 1.54 bits per heavy atom. The molecule has 2 aromatic heterocycles. The normalized spacial score (nSPS) is 18.0. The van der Waals surface area contributed by atoms with Crippen LogP contribution in [0.1, 0.15) is 112 Å². The number of piperazine rings is 1. The Labute approximate surface area is 495 Å². The SMILES string of the molecule is COc1cc(CCc2cc(NC(=O)c3ccc(N4C[C@@H](C)N(CC(=O)N/N=C\c5ccc(OCCCCC(=O)N[C@H](C(=O)N6C[C@H](O)C[C@H]6C(=O)N[C@@H](C)c6ccc(-c7scnc7C)cc6)C(C)(C)C)cc5)[C@@H](C)C4)cc3)n[nH]2)cc(OC)c1. The van der Waals surface area contributed by atoms with Gasteiger partial charge >= 0.3 is 0 Å². The number of β-amino-alcohol motifs (C(OH)–C–C–N with tert-alkyl or cyclic N) is 1. The summed E-state index contributed by atoms with van der Waals surface area (Å²) in [4.78, 5) is 78.7. The Morgan fingerprint density at radius 1 is 0.845 bits per heavy atom. The molecule has 0 radical (unpaired) electrons. The maximum absolute atomic E-state index is 14.2. The Kier molecular flexibility index (Phi) is 21.0. The zero-order valence-electron chi connectivity index (χ0n) is 49.4. The number of benzene rings is 4. The molecule has 0 spiro atoms. The average molecular weight is 1170 g/mol. The number of aromatic nitrogens is 3. The lowest BCUT2D eigenvalue weighted by Crippen LogP contribution is -2.58. The third kappa shape index (κ3) is 16.6. The van der Waals surface area contributed by atoms with E-state index in [0.717, 1.165) is 62.1 Å². The first-order valence-corrected chi connectivity index (χ1v) is 29.4. The summed E-state index contributed by atoms with van der Waals surface area (Å²) in [6, 6.07) is 28.3. The van der Waals surface area contributed by atoms with Gasteiger partial charge in [0.05, 0.1) is 61.8 Å². The van der Waals surface area contributed by atoms with Crippen LogP contribution in [-0.4, -0.2) is 143 Å². The summed E-state index contributed by atoms with van der Waals surface area (Å²) in [5.74, 6) is 0.990. The number of ether oxygens (including phenoxy) is 3. The molecule has 6 aromatic rings. The minimum Gasteiger partial charge on any atom is -0.497 e. The largest absolute Gasteiger partial charge is 0.497 e. The fourth-order valence-corrected chi connectivity index (χ4v) is 11.4. The topological polar surface area (TPSA) is 245 Å². The van der Waals surface area contributed by atoms with Crippen molar-refractivity contribution >= 4 is 58.6 Å². The van der Waals surface area contributed by atoms with Crippen LogP contribution < -0.4 is 40.5 Å². The van der Waals surface area contributed by atoms with Gasteiger partial charge in [0.2, 0.25) is 17.7 Å². The van der Waals surface area contributed by atoms with E-state index in [2.05, 4.69) is 65.3 Å². The fraction of sp³-hybridized carbons (Fsp3) is 0.429. The maximum atomic E-state index is 14.2. The van der Waals surface area contributed by atoms with Crippen molar-refractivity contribution in [3.8, 4) is 27.7 Å². The number of anilines is 2. The summed E-state index contributed by atoms with van der Waals surface area (Å²) in [7, 11) is 3.25. The molecule has 0 aliphatic carbocycles. The Hall–Kier alpha value is -8.14. The number of unbranched alkanes of at least 4 members (excludes halogenated alkanes) is 1. The fourth-order valence-electron chi connectivity index (χ4n) is 10.6. The van der Waals surface area contributed by atoms with Crippen LogP contribution in [0.2, 0.25) is 0 Å². The molecule has 6 atom stereocenters. The number of aliphatic hydroxyl groups is 1. The van der Waals surface area contributed by atoms with Crippen molar-refractivity contribution in [1.29, 1.82) is 0 Å². The van der Waals surface area contributed by atoms with Crippen LogP contribution >= 0.6 is 11.3 Å². The molecule has 2 aliphatic rings. The molecule has 4 heterocycles. The number of hydrogen-bond acceptors (Lipinski definition) is 15. The molecular weight excluding hydrogens is 1090 g/mol. The van der Waals surface area contributed by atoms with Crippen molar-refractivity contribution in [2.45, 2.75) is 123 Å². The molecule has 84 heavy (non-hydrogen) atoms. The summed E-state index contributed by atoms with van der Waals surface area (Å²) < 4.78 is 16.7. The van der Waals surface area contributed by atoms with E-state index in [0.29, 0.717) is 56.1 Å². The van der Waals surface area contributed by atoms with Gasteiger partial charge in [-0.15, -0.1) is 11.3 Å². The first kappa shape index (κ1) is 61.9. The number of aromatic amines is 1. The first-order chi connectivity index (χ1) is 40.2. The Bertz CT molecular complexity index is 3200. The second-order valence-electron chi connectivity index (χ2n) is 22.8. The van der Waals surface area contributed by atoms with Crippen LogP contribution in [0.4, 0.5) is 11.5 Å². The van der Waals surface area contributed by atoms with Gasteiger partial charge in [0.1, 0.15) is 29.3 Å². The zero-order valence-corrected chi connectivity index (χ0v) is 50.3. The van der Waals surface area contributed by atoms with Gasteiger partial charge in [-0.3, -0.25) is 34.0 Å². The van der Waals surface area contributed by atoms with Crippen molar-refractivity contribution < 1.29 is 43.3 Å². The number of nitrogens with zero attached hydrogens (tertiary/aromatic N) is 6. The molecule has 20 nitrogen and oxygen atoms in total. The van der Waals surface area contributed by atoms with Gasteiger partial charge in [-0.1, -0.05) is 45.0 Å². The van der Waals surface area contributed by atoms with Crippen molar-refractivity contribution in [2.24, 2.45) is 10.5 Å². The molecule has 0 unspecified atom stereocenters. The smallest absolute Gasteiger partial charge is 0.256 e. The van der Waals surface area contributed by atoms with Gasteiger partial charge in [0.25, 0.3) is 11.8 Å². The number of aryl methyl sites for hydroxylation is 3. The lowest BCUT2D eigenvalue weighted by molar-refractivity contribution is -0.144. The van der Waals surface area contributed by atoms with Gasteiger partial charge in [-0.05, 0) is 142 Å². The van der Waals surface area contributed by atoms with E-state index in [1.165, 1.54) is 4.90 Å². The number of hydrazone groups is 1. The van der Waals surface area contributed by atoms with E-state index < -0.39 is 29.5 Å². The Balaban J connectivity index is 0.713. The van der Waals surface area contributed by atoms with E-state index in [4.69, 9.17) is 14.2 Å². The molecule has 5 amide bonds. The number of aliphatic hydroxyl groups excluding tert-OH is 1. The third-order valence-corrected chi connectivity index (χ3v) is 16.3. The number of methoxy groups -OCH3 is 2. The standard InChI is InChI=1S/C63H79N11O9S/c1-39-34-72(49-23-20-47(21-24-49)60(78)67-55-30-48(69-70-55)22-13-44-28-52(81-8)32-53(29-44)82-9)35-40(2)73(39)37-57(77)71-65-33-43-14-25-51(26-15-43)83-27-11-10-12-56(76)68-59(63(5,6)7)62(80)74-36-50(75)31-54(74)61(79)66-41(3)45-16-18-46(19-17-45)58-42(4)64-38-84-58/h14-21,23-26,28-30,32-33,38-41,50,54,59,75H,10-13,22,27,31,34-37H2,1-9H3,(H,66,79)(H,68,76)(H,71,77)(H2,67,69,70,78)/b65-33-/t39-,40+,41-,50+,54-,59+/m0/s1. The number of nitrogens with one attached hydrogen (secondary N) is 5. The minimum atomic E-state index is -0.923. The predicted octanol–water partition coefficient (Wildman–Crippen LogP) is 7.86. The number of carbonyl (C=O) groups excluding carboxylic acids is 5. The molecule has 446 valence electrons. The molecule has 21 heteroatoms. The van der Waals surface area contributed by atoms with Crippen LogP contribution in [-0.2, 0) is 32.0 Å². The van der Waals surface area contributed by atoms with Crippen LogP contribution in [0.15, 0.2) is 108 Å². The van der Waals surface area contributed by atoms with Crippen LogP contribution in [0.25, 0.3) is 10.4 Å². The Morgan fingerprint density at radius 3 is 2.18 bits per heavy atom. The summed E-state index contributed by atoms with van der Waals surface area (Å²) in [6.45, 7) is 15.6. The van der Waals surface area contributed by atoms with Crippen LogP contribution in [0, 0.1) is 12.3 Å². The van der Waals surface area contributed by atoms with Gasteiger partial charge < -0.3 is 45.1 Å². The lowest BCUT2D eigenvalue weighted by Gasteiger charge is -2.45. The molecule has 6 N–H and O–H groups in total. The van der Waals surface area contributed by atoms with Gasteiger partial charge in [-0.25, -0.2) is 10.4 Å². The highest BCUT2D eigenvalue weighted by Crippen LogP contribution is 2.31. The zero-order chi connectivity index (χ0) is 60.1. The number of thiazole rings is 1. The van der Waals surface area contributed by atoms with E-state index >= 15 is 0 Å². The molecule has 0 saturated carbocycles. The van der Waals surface area contributed by atoms with Gasteiger partial charge in [0, 0.05) is 73.6 Å². The summed E-state index contributed by atoms with van der Waals surface area (Å²) in [5.41, 5.74) is 10.9. The summed E-state index contributed by atoms with van der Waals surface area (Å²) in [5, 5.41) is 31.1. The number of carbonyl (C=O) groups is 5. The summed E-state index contributed by atoms with van der Waals surface area (Å²) >= 11 is 1.57. The molecule has 2 fully saturated rings. The highest BCUT2D eigenvalue weighted by molar-refractivity contribution is 7.13. The molecule has 2 saturated heterocycles. The predicted molar refractivity (Wildman–Crippen MR) is 326 cm³/mol. The number of hydrogen-bond donors (Lipinski definition) is 6. The highest BCUT2D eigenvalue weighted by Gasteiger charge is 2.45. The number of amides is 5. The van der Waals surface area contributed by atoms with Crippen molar-refractivity contribution in [3.63, 3.8) is 0 Å². The second-order valence-corrected chi connectivity index (χ2v) is 23.7. The van der Waals surface area contributed by atoms with E-state index in [1.54, 1.807) is 31.8 Å². The highest BCUT2D eigenvalue weighted by atomic mass is 32.1. The first-order valence-electron chi connectivity index (χ1n) is 28.6. The molecule has 0 bridgehead atoms. The summed E-state index contributed by atoms with van der Waals surface area (Å²) in [6.07, 6.45) is 3.48. The van der Waals surface area contributed by atoms with Gasteiger partial charge in [0.15, 0.2) is 5.82 Å². The monoisotopic (exact) mass is 1170 g/mol. The van der Waals surface area contributed by atoms with Crippen molar-refractivity contribution in [1.82, 2.24) is 41.0 Å². The average Bonchev–Trinajstić information content (AvgIpc) is 4.17. The number of rotatable bonds is 24. The van der Waals surface area contributed by atoms with Crippen molar-refractivity contribution in [3.05, 3.63) is 136 Å². The molecular formula is C63H79N11O9S. The third-order valence-electron chi connectivity index (χ3n) is 15.3. The number of H-pyrrole nitrogens is 1. The van der Waals surface area contributed by atoms with Crippen LogP contribution in [0.5, 0.6) is 17.2 Å². The van der Waals surface area contributed by atoms with E-state index in [-0.39, 0.29) is 67.7 Å².